The van der Waals surface area contributed by atoms with Crippen molar-refractivity contribution in [2.24, 2.45) is 13.0 Å². The monoisotopic (exact) mass is 945 g/mol. The number of rotatable bonds is 11. The van der Waals surface area contributed by atoms with Gasteiger partial charge in [0, 0.05) is 49.8 Å². The van der Waals surface area contributed by atoms with E-state index in [-0.39, 0.29) is 61.7 Å². The third-order valence-electron chi connectivity index (χ3n) is 11.8. The number of fused-ring (bicyclic) bond motifs is 5. The summed E-state index contributed by atoms with van der Waals surface area (Å²) in [6.07, 6.45) is -2.75. The number of alkyl halides is 4. The second-order valence-corrected chi connectivity index (χ2v) is 20.4. The number of aromatic nitrogens is 6. The Kier molecular flexibility index (Phi) is 10.4. The number of nitrogens with one attached hydrogen (secondary N) is 2. The predicted molar refractivity (Wildman–Crippen MR) is 229 cm³/mol. The Balaban J connectivity index is 1.25. The van der Waals surface area contributed by atoms with E-state index in [0.717, 1.165) is 23.0 Å². The number of hydrogen-bond donors (Lipinski definition) is 2. The number of aryl methyl sites for hydroxylation is 1. The third-order valence-corrected chi connectivity index (χ3v) is 12.7. The number of morpholine rings is 1. The summed E-state index contributed by atoms with van der Waals surface area (Å²) in [4.78, 5) is 36.5. The van der Waals surface area contributed by atoms with Crippen molar-refractivity contribution < 1.29 is 44.3 Å². The van der Waals surface area contributed by atoms with Crippen molar-refractivity contribution >= 4 is 60.8 Å². The molecule has 9 rings (SSSR count). The fourth-order valence-electron chi connectivity index (χ4n) is 9.74. The van der Waals surface area contributed by atoms with Crippen LogP contribution in [0.1, 0.15) is 80.8 Å². The number of carbonyl (C=O) groups excluding carboxylic acids is 1. The smallest absolute Gasteiger partial charge is 0.293 e. The van der Waals surface area contributed by atoms with Crippen LogP contribution in [0.3, 0.4) is 0 Å². The molecular formula is C43H42ClF6N9O5S. The highest BCUT2D eigenvalue weighted by molar-refractivity contribution is 7.92. The minimum Gasteiger partial charge on any atom is -0.366 e. The van der Waals surface area contributed by atoms with E-state index in [9.17, 15) is 30.8 Å². The molecule has 1 saturated heterocycles. The van der Waals surface area contributed by atoms with Gasteiger partial charge in [0.15, 0.2) is 5.82 Å². The lowest BCUT2D eigenvalue weighted by Gasteiger charge is -2.48. The molecule has 6 aromatic rings. The lowest BCUT2D eigenvalue weighted by molar-refractivity contribution is -0.133. The molecule has 1 aliphatic heterocycles. The maximum Gasteiger partial charge on any atom is 0.293 e. The number of halogens is 7. The van der Waals surface area contributed by atoms with Crippen LogP contribution in [0.4, 0.5) is 37.8 Å². The molecule has 344 valence electrons. The number of anilines is 2. The van der Waals surface area contributed by atoms with Crippen LogP contribution in [0.25, 0.3) is 27.5 Å². The standard InChI is InChI=1S/C43H42ClF6N9O5S/c1-41(2)18-57(19-42(3,4)64-41)23-7-8-24-28(15-23)52-39(59(40(24)61)30-10-9-27(44)33-35(30)56(5)54-38(33)55-65(6,62)63)29(13-20-11-21(45)14-22(46)12-20)51-31(60)17-58-36-32(34(53-58)37(47)48)25-16-26(25)43(36,49)50/h7-12,14-15,25-26,29,37H,13,16-19H2,1-6H3,(H,51,60)(H,54,55)/t25-,26+,29-/m0/s1. The fourth-order valence-corrected chi connectivity index (χ4v) is 10.5. The van der Waals surface area contributed by atoms with Crippen molar-refractivity contribution in [1.29, 1.82) is 0 Å². The minimum atomic E-state index is -3.91. The highest BCUT2D eigenvalue weighted by Gasteiger charge is 2.67. The van der Waals surface area contributed by atoms with Crippen molar-refractivity contribution in [3.63, 3.8) is 0 Å². The number of carbonyl (C=O) groups is 1. The Hall–Kier alpha value is -5.67. The highest BCUT2D eigenvalue weighted by atomic mass is 35.5. The van der Waals surface area contributed by atoms with E-state index in [2.05, 4.69) is 25.1 Å². The average molecular weight is 946 g/mol. The fraction of sp³-hybridized carbons (Fsp3) is 0.419. The van der Waals surface area contributed by atoms with Gasteiger partial charge in [-0.2, -0.15) is 19.0 Å². The van der Waals surface area contributed by atoms with E-state index in [0.29, 0.717) is 29.5 Å². The van der Waals surface area contributed by atoms with Gasteiger partial charge in [-0.15, -0.1) is 0 Å². The van der Waals surface area contributed by atoms with Gasteiger partial charge in [0.05, 0.1) is 56.0 Å². The van der Waals surface area contributed by atoms with Crippen LogP contribution in [-0.2, 0) is 45.5 Å². The number of hydrogen-bond acceptors (Lipinski definition) is 9. The van der Waals surface area contributed by atoms with Crippen molar-refractivity contribution in [2.45, 2.75) is 82.6 Å². The zero-order valence-electron chi connectivity index (χ0n) is 35.7. The van der Waals surface area contributed by atoms with Gasteiger partial charge in [-0.1, -0.05) is 11.6 Å². The van der Waals surface area contributed by atoms with E-state index in [4.69, 9.17) is 21.3 Å². The Labute approximate surface area is 372 Å². The van der Waals surface area contributed by atoms with E-state index < -0.39 is 98.9 Å². The molecular weight excluding hydrogens is 904 g/mol. The molecule has 3 aromatic carbocycles. The van der Waals surface area contributed by atoms with Crippen molar-refractivity contribution in [3.05, 3.63) is 104 Å². The maximum atomic E-state index is 15.6. The first-order valence-corrected chi connectivity index (χ1v) is 22.7. The molecule has 1 saturated carbocycles. The van der Waals surface area contributed by atoms with Crippen LogP contribution in [0.2, 0.25) is 5.02 Å². The van der Waals surface area contributed by atoms with Gasteiger partial charge >= 0.3 is 0 Å². The van der Waals surface area contributed by atoms with Crippen LogP contribution >= 0.6 is 11.6 Å². The van der Waals surface area contributed by atoms with Crippen molar-refractivity contribution in [3.8, 4) is 5.69 Å². The summed E-state index contributed by atoms with van der Waals surface area (Å²) in [5, 5.41) is 11.0. The second kappa shape index (κ2) is 15.2. The molecule has 0 bridgehead atoms. The average Bonchev–Trinajstić information content (AvgIpc) is 3.71. The summed E-state index contributed by atoms with van der Waals surface area (Å²) >= 11 is 6.67. The quantitative estimate of drug-likeness (QED) is 0.126. The Morgan fingerprint density at radius 2 is 1.68 bits per heavy atom. The maximum absolute atomic E-state index is 15.6. The van der Waals surface area contributed by atoms with Crippen LogP contribution < -0.4 is 20.5 Å². The second-order valence-electron chi connectivity index (χ2n) is 18.2. The number of amides is 1. The summed E-state index contributed by atoms with van der Waals surface area (Å²) in [6.45, 7) is 7.70. The Morgan fingerprint density at radius 3 is 2.32 bits per heavy atom. The third kappa shape index (κ3) is 8.08. The Bertz CT molecular complexity index is 3120. The lowest BCUT2D eigenvalue weighted by Crippen LogP contribution is -2.57. The molecule has 3 aliphatic rings. The SMILES string of the molecule is Cn1nc(NS(C)(=O)=O)c2c(Cl)ccc(-n3c([C@H](Cc4cc(F)cc(F)c4)NC(=O)Cn4nc(C(F)F)c5c4C(F)(F)[C@@H]4C[C@H]54)nc4cc(N5CC(C)(C)OC(C)(C)C5)ccc4c3=O)c21. The largest absolute Gasteiger partial charge is 0.366 e. The Morgan fingerprint density at radius 1 is 1.00 bits per heavy atom. The summed E-state index contributed by atoms with van der Waals surface area (Å²) in [6, 6.07) is 8.94. The normalized spacial score (nSPS) is 20.0. The zero-order valence-corrected chi connectivity index (χ0v) is 37.3. The van der Waals surface area contributed by atoms with Gasteiger partial charge in [0.2, 0.25) is 15.9 Å². The van der Waals surface area contributed by atoms with Crippen LogP contribution in [0.5, 0.6) is 0 Å². The molecule has 2 N–H and O–H groups in total. The van der Waals surface area contributed by atoms with Gasteiger partial charge in [0.25, 0.3) is 17.9 Å². The summed E-state index contributed by atoms with van der Waals surface area (Å²) < 4.78 is 126. The van der Waals surface area contributed by atoms with Gasteiger partial charge in [0.1, 0.15) is 35.4 Å². The van der Waals surface area contributed by atoms with Crippen LogP contribution in [0.15, 0.2) is 53.3 Å². The molecule has 1 amide bonds. The first-order valence-electron chi connectivity index (χ1n) is 20.5. The number of benzene rings is 3. The van der Waals surface area contributed by atoms with Crippen molar-refractivity contribution in [1.82, 2.24) is 34.4 Å². The molecule has 14 nitrogen and oxygen atoms in total. The van der Waals surface area contributed by atoms with E-state index >= 15 is 13.6 Å². The van der Waals surface area contributed by atoms with Gasteiger partial charge in [-0.05, 0) is 88.1 Å². The van der Waals surface area contributed by atoms with E-state index in [1.165, 1.54) is 23.9 Å². The van der Waals surface area contributed by atoms with Gasteiger partial charge < -0.3 is 15.0 Å². The summed E-state index contributed by atoms with van der Waals surface area (Å²) in [5.41, 5.74) is -2.87. The van der Waals surface area contributed by atoms with E-state index in [1.807, 2.05) is 27.7 Å². The molecule has 0 unspecified atom stereocenters. The number of nitrogens with zero attached hydrogens (tertiary/aromatic N) is 7. The minimum absolute atomic E-state index is 0.00173. The van der Waals surface area contributed by atoms with Gasteiger partial charge in [-0.25, -0.2) is 31.0 Å². The lowest BCUT2D eigenvalue weighted by atomic mass is 9.98. The summed E-state index contributed by atoms with van der Waals surface area (Å²) in [5.74, 6) is -8.96. The highest BCUT2D eigenvalue weighted by Crippen LogP contribution is 2.68. The number of sulfonamides is 1. The van der Waals surface area contributed by atoms with E-state index in [1.54, 1.807) is 18.2 Å². The molecule has 3 aromatic heterocycles. The van der Waals surface area contributed by atoms with Gasteiger partial charge in [-0.3, -0.25) is 28.2 Å². The molecule has 22 heteroatoms. The zero-order chi connectivity index (χ0) is 46.9. The first-order chi connectivity index (χ1) is 30.3. The van der Waals surface area contributed by atoms with Crippen molar-refractivity contribution in [2.75, 3.05) is 29.0 Å². The summed E-state index contributed by atoms with van der Waals surface area (Å²) in [7, 11) is -2.44. The first kappa shape index (κ1) is 44.5. The predicted octanol–water partition coefficient (Wildman–Crippen LogP) is 7.41. The number of ether oxygens (including phenoxy) is 1. The van der Waals surface area contributed by atoms with Crippen LogP contribution in [0, 0.1) is 17.6 Å². The molecule has 2 aliphatic carbocycles. The molecule has 4 heterocycles. The molecule has 3 atom stereocenters. The molecule has 0 spiro atoms. The van der Waals surface area contributed by atoms with Crippen LogP contribution in [-0.4, -0.2) is 74.0 Å². The molecule has 65 heavy (non-hydrogen) atoms. The topological polar surface area (TPSA) is 158 Å². The molecule has 0 radical (unpaired) electrons. The molecule has 2 fully saturated rings.